The van der Waals surface area contributed by atoms with Gasteiger partial charge in [0, 0.05) is 140 Å². The Morgan fingerprint density at radius 1 is 0.222 bits per heavy atom. The first kappa shape index (κ1) is 81.5. The van der Waals surface area contributed by atoms with Crippen LogP contribution in [-0.2, 0) is 132 Å². The molecule has 0 atom stereocenters. The maximum Gasteiger partial charge on any atom is 0.294 e. The highest BCUT2D eigenvalue weighted by molar-refractivity contribution is 7.87. The number of rotatable bonds is 16. The molecule has 0 spiro atoms. The van der Waals surface area contributed by atoms with Gasteiger partial charge in [-0.25, -0.2) is 0 Å². The maximum atomic E-state index is 13.3. The van der Waals surface area contributed by atoms with Crippen LogP contribution >= 0.6 is 0 Å². The summed E-state index contributed by atoms with van der Waals surface area (Å²) in [6, 6.07) is 16.3. The van der Waals surface area contributed by atoms with Crippen LogP contribution < -0.4 is 18.9 Å². The molecule has 44 heteroatoms. The monoisotopic (exact) mass is 1640 g/mol. The molecule has 1 aliphatic carbocycles. The van der Waals surface area contributed by atoms with Crippen molar-refractivity contribution < 1.29 is 143 Å². The van der Waals surface area contributed by atoms with Gasteiger partial charge in [-0.3, -0.25) is 36.4 Å². The van der Waals surface area contributed by atoms with Gasteiger partial charge in [0.2, 0.25) is 0 Å². The predicted octanol–water partition coefficient (Wildman–Crippen LogP) is 5.13. The highest BCUT2D eigenvalue weighted by atomic mass is 32.2. The zero-order valence-electron chi connectivity index (χ0n) is 54.3. The molecule has 12 N–H and O–H groups in total. The summed E-state index contributed by atoms with van der Waals surface area (Å²) >= 11 is 0. The number of phenols is 4. The standard InChI is InChI=1S/C64H52N4O32S8/c65-1-5-97-61-41-9-33-17-49(101(73,74)75)19-35(57(33)69)11-43-27-54(106(88,89)90)29-45(62(43)98-6-2-66)13-37-21-51(103(79,80)81)23-39(59(37)71)15-47-31-56(108(94,95)96)32-48(64(47)100-8-4-68)16-40-24-52(104(82,83)84)22-38(60(40)72)14-46-30-55(107(91,92)93)28-44(63(46)99-7-3-67)12-36-20-50(102(76,77)78)18-34(58(36)70)10-42(61)26-53(25-41)105(85,86)87/h17-32,69-72H,5-16H2,(H,73,74,75)(H,76,77,78)(H,79,80,81)(H,82,83,84)(H,85,86,87)(H,88,89,90)(H,91,92,93)(H,94,95,96). The van der Waals surface area contributed by atoms with E-state index in [1.54, 1.807) is 24.3 Å². The first-order valence-corrected chi connectivity index (χ1v) is 41.3. The molecule has 0 heterocycles. The van der Waals surface area contributed by atoms with Crippen molar-refractivity contribution in [1.29, 1.82) is 21.0 Å². The second-order valence-corrected chi connectivity index (χ2v) is 35.0. The van der Waals surface area contributed by atoms with Gasteiger partial charge >= 0.3 is 0 Å². The van der Waals surface area contributed by atoms with Crippen LogP contribution in [0, 0.1) is 45.3 Å². The van der Waals surface area contributed by atoms with Gasteiger partial charge in [0.15, 0.2) is 26.4 Å². The van der Waals surface area contributed by atoms with Gasteiger partial charge in [0.25, 0.3) is 80.9 Å². The molecule has 0 radical (unpaired) electrons. The minimum absolute atomic E-state index is 0.577. The molecule has 1 aliphatic rings. The molecule has 9 rings (SSSR count). The second kappa shape index (κ2) is 30.6. The van der Waals surface area contributed by atoms with Crippen molar-refractivity contribution in [1.82, 2.24) is 0 Å². The Labute approximate surface area is 614 Å². The third kappa shape index (κ3) is 18.7. The summed E-state index contributed by atoms with van der Waals surface area (Å²) in [5.41, 5.74) is -10.1. The topological polar surface area (TPSA) is 648 Å². The quantitative estimate of drug-likeness (QED) is 0.0558. The summed E-state index contributed by atoms with van der Waals surface area (Å²) in [5.74, 6) is -6.83. The molecular weight excluding hydrogens is 1590 g/mol. The van der Waals surface area contributed by atoms with E-state index in [-0.39, 0.29) is 0 Å². The lowest BCUT2D eigenvalue weighted by atomic mass is 9.91. The molecule has 0 aliphatic heterocycles. The minimum Gasteiger partial charge on any atom is -0.507 e. The zero-order chi connectivity index (χ0) is 79.9. The third-order valence-electron chi connectivity index (χ3n) is 16.4. The summed E-state index contributed by atoms with van der Waals surface area (Å²) in [7, 11) is -44.0. The van der Waals surface area contributed by atoms with Crippen molar-refractivity contribution >= 4 is 80.9 Å². The molecule has 16 bridgehead atoms. The SMILES string of the molecule is N#CCOc1c2cc(S(=O)(=O)O)cc1Cc1cc(S(=O)(=O)O)cc(c1O)Cc1cc(S(=O)(=O)O)cc(c1OCC#N)Cc1cc(S(=O)(=O)O)cc(c1O)Cc1cc(S(=O)(=O)O)cc(c1OCC#N)Cc1cc(S(=O)(=O)O)cc(c1O)Cc1cc(S(=O)(=O)O)cc(c1OCC#N)Cc1cc(S(=O)(=O)O)cc(c1O)C2. The van der Waals surface area contributed by atoms with Crippen LogP contribution in [0.2, 0.25) is 0 Å². The van der Waals surface area contributed by atoms with Gasteiger partial charge in [0.05, 0.1) is 39.2 Å². The van der Waals surface area contributed by atoms with Crippen LogP contribution in [0.1, 0.15) is 89.0 Å². The van der Waals surface area contributed by atoms with Gasteiger partial charge in [-0.2, -0.15) is 88.4 Å². The van der Waals surface area contributed by atoms with Gasteiger partial charge in [-0.05, 0) is 97.1 Å². The summed E-state index contributed by atoms with van der Waals surface area (Å²) in [4.78, 5) is -8.93. The lowest BCUT2D eigenvalue weighted by Crippen LogP contribution is -2.11. The van der Waals surface area contributed by atoms with Crippen LogP contribution in [0.3, 0.4) is 0 Å². The molecule has 0 saturated carbocycles. The van der Waals surface area contributed by atoms with Crippen LogP contribution in [0.25, 0.3) is 0 Å². The summed E-state index contributed by atoms with van der Waals surface area (Å²) in [5, 5.41) is 88.6. The Balaban J connectivity index is 1.44. The molecule has 0 saturated heterocycles. The Morgan fingerprint density at radius 3 is 0.417 bits per heavy atom. The van der Waals surface area contributed by atoms with E-state index < -0.39 is 333 Å². The van der Waals surface area contributed by atoms with Crippen LogP contribution in [0.4, 0.5) is 0 Å². The Kier molecular flexibility index (Phi) is 23.1. The highest BCUT2D eigenvalue weighted by Crippen LogP contribution is 2.45. The van der Waals surface area contributed by atoms with Crippen molar-refractivity contribution in [2.75, 3.05) is 26.4 Å². The molecule has 0 amide bonds. The van der Waals surface area contributed by atoms with Crippen molar-refractivity contribution in [2.45, 2.75) is 90.5 Å². The molecule has 108 heavy (non-hydrogen) atoms. The van der Waals surface area contributed by atoms with E-state index in [1.807, 2.05) is 0 Å². The number of hydrogen-bond acceptors (Lipinski definition) is 28. The van der Waals surface area contributed by atoms with Crippen LogP contribution in [-0.4, -0.2) is 151 Å². The largest absolute Gasteiger partial charge is 0.507 e. The molecule has 0 aromatic heterocycles. The van der Waals surface area contributed by atoms with Gasteiger partial charge in [-0.15, -0.1) is 0 Å². The summed E-state index contributed by atoms with van der Waals surface area (Å²) in [6.45, 7) is -4.02. The molecule has 568 valence electrons. The first-order chi connectivity index (χ1) is 50.0. The van der Waals surface area contributed by atoms with Gasteiger partial charge in [0.1, 0.15) is 70.3 Å². The van der Waals surface area contributed by atoms with Gasteiger partial charge in [-0.1, -0.05) is 0 Å². The lowest BCUT2D eigenvalue weighted by Gasteiger charge is -2.21. The normalized spacial score (nSPS) is 13.4. The second-order valence-electron chi connectivity index (χ2n) is 23.6. The average Bonchev–Trinajstić information content (AvgIpc) is 0.772. The molecule has 36 nitrogen and oxygen atoms in total. The van der Waals surface area contributed by atoms with E-state index in [0.29, 0.717) is 97.1 Å². The number of hydrogen-bond donors (Lipinski definition) is 12. The fraction of sp³-hybridized carbons (Fsp3) is 0.188. The zero-order valence-corrected chi connectivity index (χ0v) is 60.8. The van der Waals surface area contributed by atoms with Gasteiger partial charge < -0.3 is 39.4 Å². The Bertz CT molecular complexity index is 5350. The van der Waals surface area contributed by atoms with Crippen molar-refractivity contribution in [3.63, 3.8) is 0 Å². The number of nitrogens with zero attached hydrogens (tertiary/aromatic N) is 4. The molecule has 8 aromatic carbocycles. The molecule has 8 aromatic rings. The lowest BCUT2D eigenvalue weighted by molar-refractivity contribution is 0.360. The summed E-state index contributed by atoms with van der Waals surface area (Å²) < 4.78 is 320. The highest BCUT2D eigenvalue weighted by Gasteiger charge is 2.32. The van der Waals surface area contributed by atoms with Crippen molar-refractivity contribution in [2.24, 2.45) is 0 Å². The maximum absolute atomic E-state index is 13.3. The van der Waals surface area contributed by atoms with E-state index in [2.05, 4.69) is 0 Å². The number of phenolic OH excluding ortho intramolecular Hbond substituents is 4. The predicted molar refractivity (Wildman–Crippen MR) is 364 cm³/mol. The molecular formula is C64H52N4O32S8. The number of fused-ring (bicyclic) bond motifs is 16. The fourth-order valence-corrected chi connectivity index (χ4v) is 16.6. The smallest absolute Gasteiger partial charge is 0.294 e. The average molecular weight is 1650 g/mol. The van der Waals surface area contributed by atoms with E-state index in [9.17, 15) is 145 Å². The van der Waals surface area contributed by atoms with Crippen molar-refractivity contribution in [3.8, 4) is 70.3 Å². The van der Waals surface area contributed by atoms with Crippen LogP contribution in [0.15, 0.2) is 136 Å². The number of aromatic hydroxyl groups is 4. The Hall–Kier alpha value is -10.6. The minimum atomic E-state index is -5.51. The van der Waals surface area contributed by atoms with E-state index in [0.717, 1.165) is 0 Å². The Morgan fingerprint density at radius 2 is 0.324 bits per heavy atom. The van der Waals surface area contributed by atoms with E-state index in [1.165, 1.54) is 0 Å². The molecule has 0 fully saturated rings. The first-order valence-electron chi connectivity index (χ1n) is 29.8. The number of benzene rings is 8. The van der Waals surface area contributed by atoms with Crippen molar-refractivity contribution in [3.05, 3.63) is 186 Å². The third-order valence-corrected chi connectivity index (χ3v) is 23.0. The van der Waals surface area contributed by atoms with Crippen LogP contribution in [0.5, 0.6) is 46.0 Å². The van der Waals surface area contributed by atoms with E-state index in [4.69, 9.17) is 18.9 Å². The number of ether oxygens (including phenoxy) is 4. The number of nitriles is 4. The van der Waals surface area contributed by atoms with E-state index >= 15 is 0 Å². The fourth-order valence-electron chi connectivity index (χ4n) is 11.9. The summed E-state index contributed by atoms with van der Waals surface area (Å²) in [6.07, 6.45) is -8.40. The molecule has 0 unspecified atom stereocenters.